The molecule has 162 valence electrons. The van der Waals surface area contributed by atoms with Crippen LogP contribution >= 0.6 is 0 Å². The van der Waals surface area contributed by atoms with E-state index in [1.807, 2.05) is 0 Å². The third-order valence-corrected chi connectivity index (χ3v) is 4.86. The van der Waals surface area contributed by atoms with Crippen LogP contribution in [0.1, 0.15) is 84.6 Å². The van der Waals surface area contributed by atoms with Gasteiger partial charge < -0.3 is 9.47 Å². The molecule has 0 aliphatic rings. The molecule has 0 saturated carbocycles. The van der Waals surface area contributed by atoms with E-state index >= 15 is 0 Å². The number of benzene rings is 2. The van der Waals surface area contributed by atoms with Crippen molar-refractivity contribution in [2.45, 2.75) is 64.9 Å². The van der Waals surface area contributed by atoms with Crippen molar-refractivity contribution in [3.05, 3.63) is 71.0 Å². The Kier molecular flexibility index (Phi) is 10.6. The first-order chi connectivity index (χ1) is 14.6. The number of rotatable bonds is 13. The molecule has 0 bridgehead atoms. The molecule has 0 fully saturated rings. The van der Waals surface area contributed by atoms with Gasteiger partial charge in [0.2, 0.25) is 0 Å². The quantitative estimate of drug-likeness (QED) is 0.278. The molecule has 30 heavy (non-hydrogen) atoms. The van der Waals surface area contributed by atoms with Crippen LogP contribution in [-0.4, -0.2) is 18.5 Å². The molecule has 4 nitrogen and oxygen atoms in total. The van der Waals surface area contributed by atoms with Gasteiger partial charge >= 0.3 is 11.9 Å². The molecule has 0 N–H and O–H groups in total. The maximum Gasteiger partial charge on any atom is 0.339 e. The molecule has 0 saturated heterocycles. The highest BCUT2D eigenvalue weighted by Gasteiger charge is 2.19. The molecule has 0 radical (unpaired) electrons. The van der Waals surface area contributed by atoms with E-state index in [9.17, 15) is 14.0 Å². The van der Waals surface area contributed by atoms with Crippen molar-refractivity contribution in [2.75, 3.05) is 6.61 Å². The first kappa shape index (κ1) is 23.6. The highest BCUT2D eigenvalue weighted by atomic mass is 19.1. The lowest BCUT2D eigenvalue weighted by Crippen LogP contribution is -2.14. The molecule has 2 aromatic rings. The van der Waals surface area contributed by atoms with E-state index < -0.39 is 17.8 Å². The maximum atomic E-state index is 13.2. The summed E-state index contributed by atoms with van der Waals surface area (Å²) in [6, 6.07) is 12.3. The summed E-state index contributed by atoms with van der Waals surface area (Å²) < 4.78 is 23.8. The van der Waals surface area contributed by atoms with Crippen LogP contribution in [0.2, 0.25) is 0 Å². The highest BCUT2D eigenvalue weighted by molar-refractivity contribution is 6.03. The Balaban J connectivity index is 1.77. The highest BCUT2D eigenvalue weighted by Crippen LogP contribution is 2.15. The fourth-order valence-corrected chi connectivity index (χ4v) is 3.17. The van der Waals surface area contributed by atoms with Crippen LogP contribution in [0.4, 0.5) is 4.39 Å². The van der Waals surface area contributed by atoms with Crippen LogP contribution in [0.15, 0.2) is 48.5 Å². The van der Waals surface area contributed by atoms with E-state index in [1.165, 1.54) is 50.3 Å². The van der Waals surface area contributed by atoms with Crippen molar-refractivity contribution in [1.82, 2.24) is 0 Å². The van der Waals surface area contributed by atoms with Gasteiger partial charge in [-0.25, -0.2) is 14.0 Å². The van der Waals surface area contributed by atoms with Crippen molar-refractivity contribution < 1.29 is 23.5 Å². The molecule has 0 aliphatic carbocycles. The summed E-state index contributed by atoms with van der Waals surface area (Å²) in [6.45, 7) is 2.47. The molecule has 2 aromatic carbocycles. The summed E-state index contributed by atoms with van der Waals surface area (Å²) in [7, 11) is 0. The summed E-state index contributed by atoms with van der Waals surface area (Å²) in [5.41, 5.74) is 0.870. The zero-order valence-corrected chi connectivity index (χ0v) is 17.7. The molecular formula is C25H31FO4. The monoisotopic (exact) mass is 414 g/mol. The smallest absolute Gasteiger partial charge is 0.339 e. The van der Waals surface area contributed by atoms with Crippen molar-refractivity contribution in [2.24, 2.45) is 0 Å². The van der Waals surface area contributed by atoms with Crippen LogP contribution in [-0.2, 0) is 16.1 Å². The number of carbonyl (C=O) groups excluding carboxylic acids is 2. The number of hydrogen-bond acceptors (Lipinski definition) is 4. The third kappa shape index (κ3) is 8.36. The molecule has 2 rings (SSSR count). The molecule has 0 unspecified atom stereocenters. The van der Waals surface area contributed by atoms with Crippen molar-refractivity contribution in [1.29, 1.82) is 0 Å². The largest absolute Gasteiger partial charge is 0.462 e. The topological polar surface area (TPSA) is 52.6 Å². The first-order valence-corrected chi connectivity index (χ1v) is 10.8. The lowest BCUT2D eigenvalue weighted by molar-refractivity contribution is 0.0436. The van der Waals surface area contributed by atoms with Crippen LogP contribution in [0.3, 0.4) is 0 Å². The minimum absolute atomic E-state index is 0.0712. The van der Waals surface area contributed by atoms with Gasteiger partial charge in [0.05, 0.1) is 17.7 Å². The number of carbonyl (C=O) groups is 2. The summed E-state index contributed by atoms with van der Waals surface area (Å²) in [5, 5.41) is 0. The minimum atomic E-state index is -0.640. The minimum Gasteiger partial charge on any atom is -0.462 e. The number of unbranched alkanes of at least 4 members (excludes halogenated alkanes) is 7. The zero-order valence-electron chi connectivity index (χ0n) is 17.7. The SMILES string of the molecule is CCCCCCCCCCOC(=O)c1ccccc1C(=O)OCc1cccc(F)c1. The summed E-state index contributed by atoms with van der Waals surface area (Å²) in [6.07, 6.45) is 9.29. The standard InChI is InChI=1S/C25H31FO4/c1-2-3-4-5-6-7-8-11-17-29-24(27)22-15-9-10-16-23(22)25(28)30-19-20-13-12-14-21(26)18-20/h9-10,12-16,18H,2-8,11,17,19H2,1H3. The van der Waals surface area contributed by atoms with Gasteiger partial charge in [0.1, 0.15) is 12.4 Å². The predicted molar refractivity (Wildman–Crippen MR) is 115 cm³/mol. The van der Waals surface area contributed by atoms with Crippen molar-refractivity contribution >= 4 is 11.9 Å². The maximum absolute atomic E-state index is 13.2. The number of esters is 2. The second-order valence-corrected chi connectivity index (χ2v) is 7.36. The summed E-state index contributed by atoms with van der Waals surface area (Å²) >= 11 is 0. The van der Waals surface area contributed by atoms with Crippen LogP contribution in [0.5, 0.6) is 0 Å². The van der Waals surface area contributed by atoms with Gasteiger partial charge in [0.15, 0.2) is 0 Å². The Hall–Kier alpha value is -2.69. The first-order valence-electron chi connectivity index (χ1n) is 10.8. The number of halogens is 1. The van der Waals surface area contributed by atoms with Crippen LogP contribution in [0.25, 0.3) is 0 Å². The lowest BCUT2D eigenvalue weighted by Gasteiger charge is -2.10. The van der Waals surface area contributed by atoms with Gasteiger partial charge in [0.25, 0.3) is 0 Å². The fraction of sp³-hybridized carbons (Fsp3) is 0.440. The van der Waals surface area contributed by atoms with E-state index in [0.717, 1.165) is 19.3 Å². The Morgan fingerprint density at radius 2 is 1.37 bits per heavy atom. The van der Waals surface area contributed by atoms with Gasteiger partial charge in [-0.05, 0) is 36.2 Å². The molecule has 0 heterocycles. The van der Waals surface area contributed by atoms with Gasteiger partial charge in [-0.2, -0.15) is 0 Å². The summed E-state index contributed by atoms with van der Waals surface area (Å²) in [4.78, 5) is 24.8. The Labute approximate surface area is 178 Å². The molecule has 0 amide bonds. The van der Waals surface area contributed by atoms with Gasteiger partial charge in [-0.15, -0.1) is 0 Å². The molecule has 5 heteroatoms. The van der Waals surface area contributed by atoms with Gasteiger partial charge in [-0.3, -0.25) is 0 Å². The third-order valence-electron chi connectivity index (χ3n) is 4.86. The van der Waals surface area contributed by atoms with Crippen molar-refractivity contribution in [3.63, 3.8) is 0 Å². The Bertz CT molecular complexity index is 803. The van der Waals surface area contributed by atoms with E-state index in [1.54, 1.807) is 30.3 Å². The Morgan fingerprint density at radius 3 is 2.00 bits per heavy atom. The normalized spacial score (nSPS) is 10.6. The van der Waals surface area contributed by atoms with Crippen LogP contribution < -0.4 is 0 Å². The van der Waals surface area contributed by atoms with E-state index in [-0.39, 0.29) is 17.7 Å². The van der Waals surface area contributed by atoms with Crippen molar-refractivity contribution in [3.8, 4) is 0 Å². The number of hydrogen-bond donors (Lipinski definition) is 0. The van der Waals surface area contributed by atoms with E-state index in [0.29, 0.717) is 12.2 Å². The zero-order chi connectivity index (χ0) is 21.6. The second-order valence-electron chi connectivity index (χ2n) is 7.36. The second kappa shape index (κ2) is 13.5. The molecule has 0 aliphatic heterocycles. The fourth-order valence-electron chi connectivity index (χ4n) is 3.17. The van der Waals surface area contributed by atoms with Gasteiger partial charge in [0, 0.05) is 0 Å². The Morgan fingerprint density at radius 1 is 0.767 bits per heavy atom. The predicted octanol–water partition coefficient (Wildman–Crippen LogP) is 6.48. The van der Waals surface area contributed by atoms with E-state index in [4.69, 9.17) is 9.47 Å². The average Bonchev–Trinajstić information content (AvgIpc) is 2.76. The summed E-state index contributed by atoms with van der Waals surface area (Å²) in [5.74, 6) is -1.57. The molecule has 0 atom stereocenters. The lowest BCUT2D eigenvalue weighted by atomic mass is 10.1. The molecular weight excluding hydrogens is 383 g/mol. The van der Waals surface area contributed by atoms with E-state index in [2.05, 4.69) is 6.92 Å². The average molecular weight is 415 g/mol. The van der Waals surface area contributed by atoms with Gasteiger partial charge in [-0.1, -0.05) is 76.1 Å². The molecule has 0 aromatic heterocycles. The molecule has 0 spiro atoms. The number of ether oxygens (including phenoxy) is 2. The van der Waals surface area contributed by atoms with Crippen LogP contribution in [0, 0.1) is 5.82 Å².